The van der Waals surface area contributed by atoms with Gasteiger partial charge in [-0.05, 0) is 55.4 Å². The lowest BCUT2D eigenvalue weighted by atomic mass is 9.70. The summed E-state index contributed by atoms with van der Waals surface area (Å²) >= 11 is 0. The van der Waals surface area contributed by atoms with Crippen LogP contribution in [0, 0.1) is 11.8 Å². The predicted molar refractivity (Wildman–Crippen MR) is 105 cm³/mol. The molecule has 3 atom stereocenters. The van der Waals surface area contributed by atoms with Crippen molar-refractivity contribution in [3.05, 3.63) is 29.8 Å². The molecule has 0 bridgehead atoms. The fraction of sp³-hybridized carbons (Fsp3) is 0.667. The Balaban J connectivity index is 1.37. The zero-order valence-electron chi connectivity index (χ0n) is 16.2. The molecular weight excluding hydrogens is 378 g/mol. The van der Waals surface area contributed by atoms with Gasteiger partial charge in [0.2, 0.25) is 10.0 Å². The standard InChI is InChI=1S/C21H29NO5S/c23-21(27-19-8-5-16-3-1-2-4-18(16)15-19)17-6-9-20(10-7-17)28(24,25)22-11-13-26-14-12-22/h6-7,9-10,16,18-19H,1-5,8,11-15H2/t16-,18-,19+/m1/s1. The highest BCUT2D eigenvalue weighted by atomic mass is 32.2. The lowest BCUT2D eigenvalue weighted by Gasteiger charge is -2.38. The zero-order valence-corrected chi connectivity index (χ0v) is 17.0. The molecule has 1 aromatic carbocycles. The van der Waals surface area contributed by atoms with Crippen molar-refractivity contribution in [1.82, 2.24) is 4.31 Å². The van der Waals surface area contributed by atoms with Crippen molar-refractivity contribution >= 4 is 16.0 Å². The number of fused-ring (bicyclic) bond motifs is 1. The third-order valence-electron chi connectivity index (χ3n) is 6.46. The average molecular weight is 408 g/mol. The van der Waals surface area contributed by atoms with Crippen molar-refractivity contribution < 1.29 is 22.7 Å². The molecular formula is C21H29NO5S. The molecule has 0 aromatic heterocycles. The number of morpholine rings is 1. The maximum atomic E-state index is 12.7. The van der Waals surface area contributed by atoms with Crippen LogP contribution in [0.5, 0.6) is 0 Å². The van der Waals surface area contributed by atoms with Crippen LogP contribution >= 0.6 is 0 Å². The van der Waals surface area contributed by atoms with E-state index in [-0.39, 0.29) is 17.0 Å². The van der Waals surface area contributed by atoms with E-state index in [1.807, 2.05) is 0 Å². The van der Waals surface area contributed by atoms with Gasteiger partial charge >= 0.3 is 5.97 Å². The van der Waals surface area contributed by atoms with Crippen LogP contribution in [-0.4, -0.2) is 51.1 Å². The van der Waals surface area contributed by atoms with Gasteiger partial charge in [0.1, 0.15) is 6.10 Å². The van der Waals surface area contributed by atoms with Crippen LogP contribution in [0.4, 0.5) is 0 Å². The molecule has 1 saturated heterocycles. The number of carbonyl (C=O) groups excluding carboxylic acids is 1. The minimum Gasteiger partial charge on any atom is -0.459 e. The monoisotopic (exact) mass is 407 g/mol. The lowest BCUT2D eigenvalue weighted by molar-refractivity contribution is -0.000934. The van der Waals surface area contributed by atoms with Crippen molar-refractivity contribution in [2.45, 2.75) is 55.9 Å². The number of ether oxygens (including phenoxy) is 2. The number of carbonyl (C=O) groups is 1. The van der Waals surface area contributed by atoms with Gasteiger partial charge in [0, 0.05) is 13.1 Å². The van der Waals surface area contributed by atoms with Crippen LogP contribution in [0.2, 0.25) is 0 Å². The number of benzene rings is 1. The van der Waals surface area contributed by atoms with Crippen LogP contribution in [0.1, 0.15) is 55.3 Å². The normalized spacial score (nSPS) is 29.1. The number of sulfonamides is 1. The third-order valence-corrected chi connectivity index (χ3v) is 8.38. The first-order valence-corrected chi connectivity index (χ1v) is 11.9. The van der Waals surface area contributed by atoms with Gasteiger partial charge in [0.15, 0.2) is 0 Å². The summed E-state index contributed by atoms with van der Waals surface area (Å²) in [5.74, 6) is 1.16. The molecule has 3 fully saturated rings. The molecule has 0 N–H and O–H groups in total. The smallest absolute Gasteiger partial charge is 0.338 e. The molecule has 2 saturated carbocycles. The van der Waals surface area contributed by atoms with Gasteiger partial charge in [0.05, 0.1) is 23.7 Å². The Morgan fingerprint density at radius 1 is 0.964 bits per heavy atom. The molecule has 6 nitrogen and oxygen atoms in total. The van der Waals surface area contributed by atoms with Crippen LogP contribution in [0.15, 0.2) is 29.2 Å². The predicted octanol–water partition coefficient (Wildman–Crippen LogP) is 3.22. The van der Waals surface area contributed by atoms with E-state index in [2.05, 4.69) is 0 Å². The number of nitrogens with zero attached hydrogens (tertiary/aromatic N) is 1. The van der Waals surface area contributed by atoms with Crippen LogP contribution in [-0.2, 0) is 19.5 Å². The average Bonchev–Trinajstić information content (AvgIpc) is 2.74. The summed E-state index contributed by atoms with van der Waals surface area (Å²) in [6, 6.07) is 6.11. The van der Waals surface area contributed by atoms with Crippen LogP contribution in [0.25, 0.3) is 0 Å². The molecule has 0 unspecified atom stereocenters. The molecule has 154 valence electrons. The van der Waals surface area contributed by atoms with Gasteiger partial charge in [-0.1, -0.05) is 25.7 Å². The Kier molecular flexibility index (Phi) is 6.04. The molecule has 2 aliphatic carbocycles. The van der Waals surface area contributed by atoms with Gasteiger partial charge in [-0.15, -0.1) is 0 Å². The van der Waals surface area contributed by atoms with E-state index in [0.29, 0.717) is 37.8 Å². The zero-order chi connectivity index (χ0) is 19.6. The molecule has 0 radical (unpaired) electrons. The summed E-state index contributed by atoms with van der Waals surface area (Å²) in [5.41, 5.74) is 0.409. The van der Waals surface area contributed by atoms with E-state index < -0.39 is 10.0 Å². The highest BCUT2D eigenvalue weighted by molar-refractivity contribution is 7.89. The quantitative estimate of drug-likeness (QED) is 0.717. The molecule has 7 heteroatoms. The maximum absolute atomic E-state index is 12.7. The van der Waals surface area contributed by atoms with Crippen molar-refractivity contribution in [2.24, 2.45) is 11.8 Å². The van der Waals surface area contributed by atoms with Crippen molar-refractivity contribution in [1.29, 1.82) is 0 Å². The Morgan fingerprint density at radius 2 is 1.64 bits per heavy atom. The molecule has 0 spiro atoms. The summed E-state index contributed by atoms with van der Waals surface area (Å²) in [6.45, 7) is 1.53. The number of hydrogen-bond donors (Lipinski definition) is 0. The molecule has 4 rings (SSSR count). The van der Waals surface area contributed by atoms with E-state index in [1.165, 1.54) is 42.1 Å². The second kappa shape index (κ2) is 8.51. The van der Waals surface area contributed by atoms with Crippen molar-refractivity contribution in [2.75, 3.05) is 26.3 Å². The molecule has 1 aliphatic heterocycles. The lowest BCUT2D eigenvalue weighted by Crippen LogP contribution is -2.40. The molecule has 1 heterocycles. The van der Waals surface area contributed by atoms with Gasteiger partial charge in [0.25, 0.3) is 0 Å². The Bertz CT molecular complexity index is 786. The van der Waals surface area contributed by atoms with Crippen molar-refractivity contribution in [3.8, 4) is 0 Å². The third kappa shape index (κ3) is 4.26. The van der Waals surface area contributed by atoms with Gasteiger partial charge in [-0.2, -0.15) is 4.31 Å². The fourth-order valence-corrected chi connectivity index (χ4v) is 6.26. The van der Waals surface area contributed by atoms with Crippen molar-refractivity contribution in [3.63, 3.8) is 0 Å². The summed E-state index contributed by atoms with van der Waals surface area (Å²) in [7, 11) is -3.54. The summed E-state index contributed by atoms with van der Waals surface area (Å²) in [5, 5.41) is 0. The highest BCUT2D eigenvalue weighted by Gasteiger charge is 2.34. The number of rotatable bonds is 4. The van der Waals surface area contributed by atoms with Gasteiger partial charge in [-0.3, -0.25) is 0 Å². The molecule has 28 heavy (non-hydrogen) atoms. The molecule has 1 aromatic rings. The summed E-state index contributed by atoms with van der Waals surface area (Å²) in [6.07, 6.45) is 8.27. The van der Waals surface area contributed by atoms with E-state index in [0.717, 1.165) is 25.2 Å². The highest BCUT2D eigenvalue weighted by Crippen LogP contribution is 2.41. The fourth-order valence-electron chi connectivity index (χ4n) is 4.86. The summed E-state index contributed by atoms with van der Waals surface area (Å²) < 4.78 is 37.7. The largest absolute Gasteiger partial charge is 0.459 e. The minimum absolute atomic E-state index is 0.0105. The van der Waals surface area contributed by atoms with Crippen LogP contribution < -0.4 is 0 Å². The number of hydrogen-bond acceptors (Lipinski definition) is 5. The second-order valence-electron chi connectivity index (χ2n) is 8.19. The van der Waals surface area contributed by atoms with E-state index >= 15 is 0 Å². The second-order valence-corrected chi connectivity index (χ2v) is 10.1. The Morgan fingerprint density at radius 3 is 2.36 bits per heavy atom. The summed E-state index contributed by atoms with van der Waals surface area (Å²) in [4.78, 5) is 12.7. The molecule has 3 aliphatic rings. The minimum atomic E-state index is -3.54. The maximum Gasteiger partial charge on any atom is 0.338 e. The topological polar surface area (TPSA) is 72.9 Å². The van der Waals surface area contributed by atoms with E-state index in [4.69, 9.17) is 9.47 Å². The Hall–Kier alpha value is -1.44. The first-order valence-electron chi connectivity index (χ1n) is 10.4. The number of esters is 1. The van der Waals surface area contributed by atoms with E-state index in [1.54, 1.807) is 12.1 Å². The van der Waals surface area contributed by atoms with Crippen LogP contribution in [0.3, 0.4) is 0 Å². The SMILES string of the molecule is O=C(O[C@H]1CC[C@H]2CCCC[C@@H]2C1)c1ccc(S(=O)(=O)N2CCOCC2)cc1. The van der Waals surface area contributed by atoms with E-state index in [9.17, 15) is 13.2 Å². The first kappa shape index (κ1) is 19.9. The Labute approximate surface area is 167 Å². The van der Waals surface area contributed by atoms with Gasteiger partial charge in [-0.25, -0.2) is 13.2 Å². The van der Waals surface area contributed by atoms with Gasteiger partial charge < -0.3 is 9.47 Å². The first-order chi connectivity index (χ1) is 13.5. The molecule has 0 amide bonds.